The number of rotatable bonds is 9. The van der Waals surface area contributed by atoms with Gasteiger partial charge >= 0.3 is 0 Å². The molecule has 2 aliphatic rings. The van der Waals surface area contributed by atoms with E-state index in [4.69, 9.17) is 9.47 Å². The van der Waals surface area contributed by atoms with Gasteiger partial charge in [-0.1, -0.05) is 13.8 Å². The maximum Gasteiger partial charge on any atom is 0.256 e. The summed E-state index contributed by atoms with van der Waals surface area (Å²) in [6.07, 6.45) is 3.45. The topological polar surface area (TPSA) is 50.8 Å². The van der Waals surface area contributed by atoms with Crippen LogP contribution in [0.4, 0.5) is 5.69 Å². The van der Waals surface area contributed by atoms with Crippen LogP contribution in [0.3, 0.4) is 0 Å². The first-order valence-electron chi connectivity index (χ1n) is 10.8. The van der Waals surface area contributed by atoms with Crippen LogP contribution in [0.25, 0.3) is 0 Å². The van der Waals surface area contributed by atoms with Gasteiger partial charge in [-0.15, -0.1) is 0 Å². The molecule has 1 aromatic rings. The lowest BCUT2D eigenvalue weighted by Gasteiger charge is -2.34. The van der Waals surface area contributed by atoms with Gasteiger partial charge in [-0.25, -0.2) is 0 Å². The highest BCUT2D eigenvalue weighted by molar-refractivity contribution is 5.97. The number of nitrogens with one attached hydrogen (secondary N) is 1. The molecule has 1 aromatic carbocycles. The molecule has 156 valence electrons. The first kappa shape index (κ1) is 21.1. The first-order valence-corrected chi connectivity index (χ1v) is 10.8. The molecule has 0 unspecified atom stereocenters. The van der Waals surface area contributed by atoms with Gasteiger partial charge in [0.25, 0.3) is 5.91 Å². The van der Waals surface area contributed by atoms with Gasteiger partial charge < -0.3 is 14.8 Å². The predicted octanol–water partition coefficient (Wildman–Crippen LogP) is 4.19. The van der Waals surface area contributed by atoms with Crippen molar-refractivity contribution in [1.29, 1.82) is 0 Å². The van der Waals surface area contributed by atoms with Crippen LogP contribution in [0.5, 0.6) is 5.75 Å². The summed E-state index contributed by atoms with van der Waals surface area (Å²) in [5.41, 5.74) is 0.0507. The Morgan fingerprint density at radius 1 is 1.18 bits per heavy atom. The van der Waals surface area contributed by atoms with Gasteiger partial charge in [0, 0.05) is 31.9 Å². The maximum absolute atomic E-state index is 12.7. The maximum atomic E-state index is 12.7. The molecule has 1 amide bonds. The molecule has 2 fully saturated rings. The Bertz CT molecular complexity index is 634. The fourth-order valence-electron chi connectivity index (χ4n) is 4.46. The number of ether oxygens (including phenoxy) is 2. The molecular formula is C23H36N2O3. The first-order chi connectivity index (χ1) is 13.4. The third-order valence-corrected chi connectivity index (χ3v) is 5.98. The lowest BCUT2D eigenvalue weighted by Crippen LogP contribution is -2.44. The highest BCUT2D eigenvalue weighted by Crippen LogP contribution is 2.42. The second kappa shape index (κ2) is 9.27. The molecule has 5 heteroatoms. The van der Waals surface area contributed by atoms with Crippen molar-refractivity contribution in [2.24, 2.45) is 17.8 Å². The smallest absolute Gasteiger partial charge is 0.256 e. The van der Waals surface area contributed by atoms with E-state index < -0.39 is 5.60 Å². The van der Waals surface area contributed by atoms with Crippen molar-refractivity contribution in [3.8, 4) is 5.75 Å². The average molecular weight is 389 g/mol. The largest absolute Gasteiger partial charge is 0.492 e. The number of hydrogen-bond acceptors (Lipinski definition) is 4. The van der Waals surface area contributed by atoms with Crippen LogP contribution in [-0.2, 0) is 9.53 Å². The molecule has 0 aromatic heterocycles. The Labute approximate surface area is 169 Å². The summed E-state index contributed by atoms with van der Waals surface area (Å²) < 4.78 is 11.7. The average Bonchev–Trinajstić information content (AvgIpc) is 3.48. The Morgan fingerprint density at radius 3 is 2.39 bits per heavy atom. The number of carbonyl (C=O) groups is 1. The van der Waals surface area contributed by atoms with Gasteiger partial charge in [-0.3, -0.25) is 9.69 Å². The lowest BCUT2D eigenvalue weighted by molar-refractivity contribution is -0.141. The van der Waals surface area contributed by atoms with E-state index in [1.54, 1.807) is 0 Å². The van der Waals surface area contributed by atoms with Crippen molar-refractivity contribution < 1.29 is 14.3 Å². The molecule has 1 N–H and O–H groups in total. The third-order valence-electron chi connectivity index (χ3n) is 5.98. The highest BCUT2D eigenvalue weighted by Gasteiger charge is 2.48. The van der Waals surface area contributed by atoms with Crippen LogP contribution < -0.4 is 10.1 Å². The Balaban J connectivity index is 1.46. The fraction of sp³-hybridized carbons (Fsp3) is 0.696. The molecular weight excluding hydrogens is 352 g/mol. The standard InChI is InChI=1S/C23H36N2O3/c1-5-28-23(4,19-6-7-19)22(26)24-20-8-10-21(11-9-20)27-13-12-25-15-17(2)14-18(3)16-25/h8-11,17-19H,5-7,12-16H2,1-4H3,(H,24,26)/t17-,18-,23+/m1/s1. The monoisotopic (exact) mass is 388 g/mol. The molecule has 0 bridgehead atoms. The van der Waals surface area contributed by atoms with E-state index >= 15 is 0 Å². The van der Waals surface area contributed by atoms with Crippen LogP contribution in [0.1, 0.15) is 47.0 Å². The Morgan fingerprint density at radius 2 is 1.82 bits per heavy atom. The Kier molecular flexibility index (Phi) is 7.00. The van der Waals surface area contributed by atoms with Crippen molar-refractivity contribution in [2.75, 3.05) is 38.2 Å². The fourth-order valence-corrected chi connectivity index (χ4v) is 4.46. The molecule has 1 saturated heterocycles. The van der Waals surface area contributed by atoms with Gasteiger partial charge in [0.2, 0.25) is 0 Å². The van der Waals surface area contributed by atoms with Crippen molar-refractivity contribution in [1.82, 2.24) is 4.90 Å². The SMILES string of the molecule is CCO[C@](C)(C(=O)Nc1ccc(OCCN2C[C@H](C)C[C@@H](C)C2)cc1)C1CC1. The zero-order valence-corrected chi connectivity index (χ0v) is 17.9. The molecule has 1 heterocycles. The summed E-state index contributed by atoms with van der Waals surface area (Å²) >= 11 is 0. The van der Waals surface area contributed by atoms with Crippen LogP contribution in [-0.4, -0.2) is 49.3 Å². The van der Waals surface area contributed by atoms with Crippen molar-refractivity contribution in [2.45, 2.75) is 52.6 Å². The van der Waals surface area contributed by atoms with Gasteiger partial charge in [-0.05, 0) is 75.1 Å². The van der Waals surface area contributed by atoms with Crippen LogP contribution >= 0.6 is 0 Å². The molecule has 3 rings (SSSR count). The summed E-state index contributed by atoms with van der Waals surface area (Å²) in [5.74, 6) is 2.65. The zero-order chi connectivity index (χ0) is 20.1. The molecule has 1 aliphatic heterocycles. The number of benzene rings is 1. The predicted molar refractivity (Wildman–Crippen MR) is 113 cm³/mol. The van der Waals surface area contributed by atoms with E-state index in [0.717, 1.165) is 55.7 Å². The molecule has 28 heavy (non-hydrogen) atoms. The summed E-state index contributed by atoms with van der Waals surface area (Å²) in [5, 5.41) is 3.01. The van der Waals surface area contributed by atoms with E-state index in [1.165, 1.54) is 6.42 Å². The summed E-state index contributed by atoms with van der Waals surface area (Å²) in [4.78, 5) is 15.2. The number of amides is 1. The molecule has 3 atom stereocenters. The minimum atomic E-state index is -0.730. The second-order valence-electron chi connectivity index (χ2n) is 8.85. The van der Waals surface area contributed by atoms with Crippen LogP contribution in [0.15, 0.2) is 24.3 Å². The molecule has 0 radical (unpaired) electrons. The Hall–Kier alpha value is -1.59. The lowest BCUT2D eigenvalue weighted by atomic mass is 9.92. The van der Waals surface area contributed by atoms with Gasteiger partial charge in [0.05, 0.1) is 0 Å². The zero-order valence-electron chi connectivity index (χ0n) is 17.9. The quantitative estimate of drug-likeness (QED) is 0.689. The third kappa shape index (κ3) is 5.48. The number of nitrogens with zero attached hydrogens (tertiary/aromatic N) is 1. The van der Waals surface area contributed by atoms with Crippen LogP contribution in [0.2, 0.25) is 0 Å². The van der Waals surface area contributed by atoms with Crippen molar-refractivity contribution in [3.05, 3.63) is 24.3 Å². The number of piperidine rings is 1. The van der Waals surface area contributed by atoms with Crippen LogP contribution in [0, 0.1) is 17.8 Å². The van der Waals surface area contributed by atoms with Gasteiger partial charge in [0.1, 0.15) is 18.0 Å². The number of carbonyl (C=O) groups excluding carboxylic acids is 1. The van der Waals surface area contributed by atoms with E-state index in [9.17, 15) is 4.79 Å². The normalized spacial score (nSPS) is 25.1. The van der Waals surface area contributed by atoms with E-state index in [2.05, 4.69) is 24.1 Å². The van der Waals surface area contributed by atoms with Crippen molar-refractivity contribution in [3.63, 3.8) is 0 Å². The number of likely N-dealkylation sites (tertiary alicyclic amines) is 1. The minimum Gasteiger partial charge on any atom is -0.492 e. The van der Waals surface area contributed by atoms with E-state index in [-0.39, 0.29) is 5.91 Å². The molecule has 0 spiro atoms. The van der Waals surface area contributed by atoms with Gasteiger partial charge in [0.15, 0.2) is 0 Å². The highest BCUT2D eigenvalue weighted by atomic mass is 16.5. The van der Waals surface area contributed by atoms with Gasteiger partial charge in [-0.2, -0.15) is 0 Å². The minimum absolute atomic E-state index is 0.0566. The van der Waals surface area contributed by atoms with E-state index in [1.807, 2.05) is 38.1 Å². The van der Waals surface area contributed by atoms with E-state index in [0.29, 0.717) is 19.1 Å². The molecule has 1 aliphatic carbocycles. The summed E-state index contributed by atoms with van der Waals surface area (Å²) in [7, 11) is 0. The number of anilines is 1. The number of hydrogen-bond donors (Lipinski definition) is 1. The summed E-state index contributed by atoms with van der Waals surface area (Å²) in [6, 6.07) is 7.65. The summed E-state index contributed by atoms with van der Waals surface area (Å²) in [6.45, 7) is 13.0. The molecule has 1 saturated carbocycles. The molecule has 5 nitrogen and oxygen atoms in total. The second-order valence-corrected chi connectivity index (χ2v) is 8.85. The van der Waals surface area contributed by atoms with Crippen molar-refractivity contribution >= 4 is 11.6 Å².